The Balaban J connectivity index is 1.55. The highest BCUT2D eigenvalue weighted by Crippen LogP contribution is 2.69. The van der Waals surface area contributed by atoms with E-state index in [1.807, 2.05) is 5.57 Å². The van der Waals surface area contributed by atoms with Crippen LogP contribution in [0.5, 0.6) is 0 Å². The molecule has 0 spiro atoms. The largest absolute Gasteiger partial charge is 0.0848 e. The molecule has 0 aromatic carbocycles. The van der Waals surface area contributed by atoms with E-state index in [0.717, 1.165) is 11.8 Å². The van der Waals surface area contributed by atoms with Crippen molar-refractivity contribution in [2.75, 3.05) is 0 Å². The van der Waals surface area contributed by atoms with Crippen molar-refractivity contribution in [3.05, 3.63) is 11.6 Å². The second kappa shape index (κ2) is 2.21. The lowest BCUT2D eigenvalue weighted by molar-refractivity contribution is 0.245. The van der Waals surface area contributed by atoms with Gasteiger partial charge in [-0.3, -0.25) is 0 Å². The van der Waals surface area contributed by atoms with Crippen LogP contribution < -0.4 is 0 Å². The first-order chi connectivity index (χ1) is 6.45. The molecule has 0 nitrogen and oxygen atoms in total. The van der Waals surface area contributed by atoms with Gasteiger partial charge in [-0.05, 0) is 68.1 Å². The molecule has 0 saturated heterocycles. The molecular weight excluding hydrogens is 156 g/mol. The predicted octanol–water partition coefficient (Wildman–Crippen LogP) is 3.39. The lowest BCUT2D eigenvalue weighted by Crippen LogP contribution is -2.31. The summed E-state index contributed by atoms with van der Waals surface area (Å²) < 4.78 is 0. The van der Waals surface area contributed by atoms with Crippen LogP contribution >= 0.6 is 0 Å². The maximum atomic E-state index is 2.60. The maximum absolute atomic E-state index is 2.60. The molecule has 3 fully saturated rings. The summed E-state index contributed by atoms with van der Waals surface area (Å²) >= 11 is 0. The summed E-state index contributed by atoms with van der Waals surface area (Å²) in [6.45, 7) is 0. The Morgan fingerprint density at radius 2 is 1.92 bits per heavy atom. The first kappa shape index (κ1) is 7.09. The number of hydrogen-bond donors (Lipinski definition) is 0. The van der Waals surface area contributed by atoms with Crippen molar-refractivity contribution in [1.29, 1.82) is 0 Å². The van der Waals surface area contributed by atoms with Crippen LogP contribution in [0.4, 0.5) is 0 Å². The van der Waals surface area contributed by atoms with E-state index in [1.54, 1.807) is 19.3 Å². The quantitative estimate of drug-likeness (QED) is 0.534. The van der Waals surface area contributed by atoms with Crippen LogP contribution in [-0.4, -0.2) is 0 Å². The Morgan fingerprint density at radius 3 is 2.62 bits per heavy atom. The number of fused-ring (bicyclic) bond motifs is 2. The standard InChI is InChI=1S/C13H18/c1-2-4-9-8(3-1)7-12(9)13-10-5-6-11(10)13/h4,8,10-13H,1-3,5-7H2. The van der Waals surface area contributed by atoms with E-state index in [1.165, 1.54) is 37.0 Å². The minimum absolute atomic E-state index is 1.05. The summed E-state index contributed by atoms with van der Waals surface area (Å²) in [5.41, 5.74) is 1.91. The molecule has 0 radical (unpaired) electrons. The second-order valence-electron chi connectivity index (χ2n) is 5.66. The van der Waals surface area contributed by atoms with Crippen LogP contribution in [0, 0.1) is 29.6 Å². The van der Waals surface area contributed by atoms with Gasteiger partial charge in [-0.1, -0.05) is 11.6 Å². The molecule has 0 aromatic heterocycles. The molecule has 0 bridgehead atoms. The van der Waals surface area contributed by atoms with E-state index in [0.29, 0.717) is 0 Å². The lowest BCUT2D eigenvalue weighted by Gasteiger charge is -2.42. The fourth-order valence-corrected chi connectivity index (χ4v) is 4.34. The first-order valence-electron chi connectivity index (χ1n) is 6.15. The van der Waals surface area contributed by atoms with Crippen LogP contribution in [0.15, 0.2) is 11.6 Å². The van der Waals surface area contributed by atoms with Gasteiger partial charge in [0.2, 0.25) is 0 Å². The molecule has 4 unspecified atom stereocenters. The van der Waals surface area contributed by atoms with Gasteiger partial charge in [0, 0.05) is 0 Å². The molecule has 0 amide bonds. The van der Waals surface area contributed by atoms with Gasteiger partial charge in [-0.25, -0.2) is 0 Å². The molecule has 0 heterocycles. The van der Waals surface area contributed by atoms with Crippen LogP contribution in [0.3, 0.4) is 0 Å². The average Bonchev–Trinajstić information content (AvgIpc) is 2.54. The molecule has 4 aliphatic carbocycles. The van der Waals surface area contributed by atoms with Crippen molar-refractivity contribution in [2.24, 2.45) is 29.6 Å². The molecule has 4 rings (SSSR count). The zero-order valence-electron chi connectivity index (χ0n) is 8.21. The second-order valence-corrected chi connectivity index (χ2v) is 5.66. The number of allylic oxidation sites excluding steroid dienone is 2. The zero-order chi connectivity index (χ0) is 8.41. The third kappa shape index (κ3) is 0.782. The smallest absolute Gasteiger partial charge is 0.0161 e. The van der Waals surface area contributed by atoms with Crippen molar-refractivity contribution in [1.82, 2.24) is 0 Å². The Labute approximate surface area is 80.4 Å². The zero-order valence-corrected chi connectivity index (χ0v) is 8.21. The van der Waals surface area contributed by atoms with Gasteiger partial charge in [0.25, 0.3) is 0 Å². The van der Waals surface area contributed by atoms with Crippen molar-refractivity contribution in [3.8, 4) is 0 Å². The van der Waals surface area contributed by atoms with Gasteiger partial charge in [-0.2, -0.15) is 0 Å². The molecule has 70 valence electrons. The average molecular weight is 174 g/mol. The Morgan fingerprint density at radius 1 is 1.08 bits per heavy atom. The summed E-state index contributed by atoms with van der Waals surface area (Å²) in [6.07, 6.45) is 11.7. The Kier molecular flexibility index (Phi) is 1.21. The van der Waals surface area contributed by atoms with E-state index in [4.69, 9.17) is 0 Å². The summed E-state index contributed by atoms with van der Waals surface area (Å²) in [6, 6.07) is 0. The van der Waals surface area contributed by atoms with E-state index >= 15 is 0 Å². The molecule has 0 aromatic rings. The topological polar surface area (TPSA) is 0 Å². The highest BCUT2D eigenvalue weighted by Gasteiger charge is 2.62. The molecular formula is C13H18. The molecule has 0 aliphatic heterocycles. The number of rotatable bonds is 1. The van der Waals surface area contributed by atoms with Gasteiger partial charge in [0.15, 0.2) is 0 Å². The molecule has 4 aliphatic rings. The molecule has 4 atom stereocenters. The maximum Gasteiger partial charge on any atom is -0.0161 e. The fourth-order valence-electron chi connectivity index (χ4n) is 4.34. The van der Waals surface area contributed by atoms with Crippen molar-refractivity contribution < 1.29 is 0 Å². The summed E-state index contributed by atoms with van der Waals surface area (Å²) in [7, 11) is 0. The number of hydrogen-bond acceptors (Lipinski definition) is 0. The minimum atomic E-state index is 1.05. The van der Waals surface area contributed by atoms with Crippen LogP contribution in [0.25, 0.3) is 0 Å². The Hall–Kier alpha value is -0.260. The van der Waals surface area contributed by atoms with Crippen molar-refractivity contribution >= 4 is 0 Å². The van der Waals surface area contributed by atoms with Gasteiger partial charge < -0.3 is 0 Å². The van der Waals surface area contributed by atoms with Crippen LogP contribution in [-0.2, 0) is 0 Å². The van der Waals surface area contributed by atoms with Crippen molar-refractivity contribution in [2.45, 2.75) is 38.5 Å². The third-order valence-corrected chi connectivity index (χ3v) is 5.27. The Bertz CT molecular complexity index is 266. The SMILES string of the molecule is C1=C2C(CCC1)CC2C1C2CCC21. The van der Waals surface area contributed by atoms with Gasteiger partial charge in [0.05, 0.1) is 0 Å². The summed E-state index contributed by atoms with van der Waals surface area (Å²) in [5.74, 6) is 5.73. The van der Waals surface area contributed by atoms with E-state index in [-0.39, 0.29) is 0 Å². The normalized spacial score (nSPS) is 56.6. The van der Waals surface area contributed by atoms with Crippen molar-refractivity contribution in [3.63, 3.8) is 0 Å². The third-order valence-electron chi connectivity index (χ3n) is 5.27. The van der Waals surface area contributed by atoms with Gasteiger partial charge in [0.1, 0.15) is 0 Å². The van der Waals surface area contributed by atoms with Gasteiger partial charge in [-0.15, -0.1) is 0 Å². The van der Waals surface area contributed by atoms with Crippen LogP contribution in [0.2, 0.25) is 0 Å². The predicted molar refractivity (Wildman–Crippen MR) is 53.2 cm³/mol. The molecule has 3 saturated carbocycles. The molecule has 0 N–H and O–H groups in total. The summed E-state index contributed by atoms with van der Waals surface area (Å²) in [4.78, 5) is 0. The van der Waals surface area contributed by atoms with E-state index < -0.39 is 0 Å². The minimum Gasteiger partial charge on any atom is -0.0848 e. The molecule has 13 heavy (non-hydrogen) atoms. The first-order valence-corrected chi connectivity index (χ1v) is 6.15. The van der Waals surface area contributed by atoms with E-state index in [9.17, 15) is 0 Å². The lowest BCUT2D eigenvalue weighted by atomic mass is 9.63. The van der Waals surface area contributed by atoms with E-state index in [2.05, 4.69) is 6.08 Å². The highest BCUT2D eigenvalue weighted by molar-refractivity contribution is 5.28. The summed E-state index contributed by atoms with van der Waals surface area (Å²) in [5, 5.41) is 0. The molecule has 0 heteroatoms. The highest BCUT2D eigenvalue weighted by atomic mass is 14.7. The van der Waals surface area contributed by atoms with Crippen LogP contribution in [0.1, 0.15) is 38.5 Å². The van der Waals surface area contributed by atoms with Gasteiger partial charge >= 0.3 is 0 Å². The fraction of sp³-hybridized carbons (Fsp3) is 0.846. The monoisotopic (exact) mass is 174 g/mol.